The van der Waals surface area contributed by atoms with Crippen molar-refractivity contribution in [1.82, 2.24) is 5.32 Å². The zero-order chi connectivity index (χ0) is 19.7. The number of carbonyl (C=O) groups is 1. The van der Waals surface area contributed by atoms with Gasteiger partial charge in [0, 0.05) is 23.2 Å². The van der Waals surface area contributed by atoms with Crippen LogP contribution in [0.4, 0.5) is 18.9 Å². The van der Waals surface area contributed by atoms with Crippen molar-refractivity contribution in [3.8, 4) is 5.75 Å². The van der Waals surface area contributed by atoms with E-state index in [0.29, 0.717) is 17.6 Å². The smallest absolute Gasteiger partial charge is 0.406 e. The van der Waals surface area contributed by atoms with E-state index in [2.05, 4.69) is 15.4 Å². The first-order chi connectivity index (χ1) is 13.4. The second-order valence-corrected chi connectivity index (χ2v) is 7.45. The Morgan fingerprint density at radius 1 is 1.04 bits per heavy atom. The van der Waals surface area contributed by atoms with E-state index in [4.69, 9.17) is 0 Å². The minimum atomic E-state index is -4.75. The van der Waals surface area contributed by atoms with Gasteiger partial charge in [-0.2, -0.15) is 0 Å². The number of hydrogen-bond acceptors (Lipinski definition) is 3. The lowest BCUT2D eigenvalue weighted by Gasteiger charge is -2.10. The molecule has 0 spiro atoms. The molecule has 0 heterocycles. The molecule has 2 saturated carbocycles. The summed E-state index contributed by atoms with van der Waals surface area (Å²) in [6.45, 7) is 1.11. The minimum Gasteiger partial charge on any atom is -0.406 e. The molecule has 2 aliphatic carbocycles. The van der Waals surface area contributed by atoms with Crippen LogP contribution in [0.2, 0.25) is 0 Å². The van der Waals surface area contributed by atoms with Crippen LogP contribution in [0.1, 0.15) is 41.1 Å². The quantitative estimate of drug-likeness (QED) is 0.721. The van der Waals surface area contributed by atoms with Crippen molar-refractivity contribution in [3.05, 3.63) is 59.7 Å². The summed E-state index contributed by atoms with van der Waals surface area (Å²) in [5, 5.41) is 6.36. The Morgan fingerprint density at radius 2 is 1.71 bits per heavy atom. The van der Waals surface area contributed by atoms with E-state index >= 15 is 0 Å². The standard InChI is InChI=1S/C21H21F3N2O2/c22-21(23,24)28-17-9-5-15(6-10-17)20(27)26-16-7-3-14(4-8-16)18-11-19(18)25-12-13-1-2-13/h3-10,13,18-19,25H,1-2,11-12H2,(H,26,27)/t18-,19+/m0/s1. The van der Waals surface area contributed by atoms with Crippen molar-refractivity contribution in [3.63, 3.8) is 0 Å². The number of rotatable bonds is 7. The van der Waals surface area contributed by atoms with Crippen LogP contribution in [0.15, 0.2) is 48.5 Å². The lowest BCUT2D eigenvalue weighted by atomic mass is 10.1. The summed E-state index contributed by atoms with van der Waals surface area (Å²) in [7, 11) is 0. The van der Waals surface area contributed by atoms with Crippen LogP contribution in [-0.4, -0.2) is 24.9 Å². The van der Waals surface area contributed by atoms with E-state index in [-0.39, 0.29) is 17.2 Å². The molecule has 2 atom stereocenters. The molecule has 1 amide bonds. The Morgan fingerprint density at radius 3 is 2.32 bits per heavy atom. The first-order valence-corrected chi connectivity index (χ1v) is 9.38. The first kappa shape index (κ1) is 18.8. The van der Waals surface area contributed by atoms with Crippen molar-refractivity contribution < 1.29 is 22.7 Å². The van der Waals surface area contributed by atoms with Crippen LogP contribution < -0.4 is 15.4 Å². The lowest BCUT2D eigenvalue weighted by molar-refractivity contribution is -0.274. The predicted octanol–water partition coefficient (Wildman–Crippen LogP) is 4.69. The molecule has 4 nitrogen and oxygen atoms in total. The fraction of sp³-hybridized carbons (Fsp3) is 0.381. The van der Waals surface area contributed by atoms with Gasteiger partial charge < -0.3 is 15.4 Å². The van der Waals surface area contributed by atoms with Crippen LogP contribution in [0, 0.1) is 5.92 Å². The van der Waals surface area contributed by atoms with Crippen molar-refractivity contribution in [2.75, 3.05) is 11.9 Å². The predicted molar refractivity (Wildman–Crippen MR) is 99.4 cm³/mol. The molecule has 0 radical (unpaired) electrons. The van der Waals surface area contributed by atoms with Crippen LogP contribution in [0.25, 0.3) is 0 Å². The van der Waals surface area contributed by atoms with Crippen LogP contribution in [0.5, 0.6) is 5.75 Å². The summed E-state index contributed by atoms with van der Waals surface area (Å²) >= 11 is 0. The monoisotopic (exact) mass is 390 g/mol. The molecule has 0 aromatic heterocycles. The van der Waals surface area contributed by atoms with Crippen LogP contribution in [-0.2, 0) is 0 Å². The number of ether oxygens (including phenoxy) is 1. The van der Waals surface area contributed by atoms with E-state index in [1.165, 1.54) is 30.5 Å². The number of halogens is 3. The summed E-state index contributed by atoms with van der Waals surface area (Å²) in [5.74, 6) is 0.655. The highest BCUT2D eigenvalue weighted by Crippen LogP contribution is 2.42. The Bertz CT molecular complexity index is 830. The topological polar surface area (TPSA) is 50.4 Å². The zero-order valence-corrected chi connectivity index (χ0v) is 15.1. The number of amides is 1. The average molecular weight is 390 g/mol. The van der Waals surface area contributed by atoms with Gasteiger partial charge in [-0.05, 0) is 73.7 Å². The van der Waals surface area contributed by atoms with Gasteiger partial charge in [-0.1, -0.05) is 12.1 Å². The van der Waals surface area contributed by atoms with Crippen molar-refractivity contribution in [2.24, 2.45) is 5.92 Å². The maximum Gasteiger partial charge on any atom is 0.573 e. The number of anilines is 1. The second kappa shape index (κ2) is 7.47. The van der Waals surface area contributed by atoms with Gasteiger partial charge in [0.25, 0.3) is 5.91 Å². The average Bonchev–Trinajstić information content (AvgIpc) is 3.54. The van der Waals surface area contributed by atoms with Gasteiger partial charge in [-0.3, -0.25) is 4.79 Å². The third kappa shape index (κ3) is 5.04. The van der Waals surface area contributed by atoms with Gasteiger partial charge in [-0.15, -0.1) is 13.2 Å². The van der Waals surface area contributed by atoms with E-state index in [0.717, 1.165) is 31.0 Å². The molecule has 2 aliphatic rings. The van der Waals surface area contributed by atoms with E-state index in [9.17, 15) is 18.0 Å². The summed E-state index contributed by atoms with van der Waals surface area (Å²) < 4.78 is 40.3. The van der Waals surface area contributed by atoms with Gasteiger partial charge in [0.1, 0.15) is 5.75 Å². The zero-order valence-electron chi connectivity index (χ0n) is 15.1. The van der Waals surface area contributed by atoms with Crippen molar-refractivity contribution in [2.45, 2.75) is 37.6 Å². The summed E-state index contributed by atoms with van der Waals surface area (Å²) in [6, 6.07) is 13.1. The second-order valence-electron chi connectivity index (χ2n) is 7.45. The van der Waals surface area contributed by atoms with Gasteiger partial charge in [0.2, 0.25) is 0 Å². The maximum atomic E-state index is 12.3. The molecule has 7 heteroatoms. The highest BCUT2D eigenvalue weighted by molar-refractivity contribution is 6.04. The molecule has 148 valence electrons. The van der Waals surface area contributed by atoms with Crippen molar-refractivity contribution in [1.29, 1.82) is 0 Å². The summed E-state index contributed by atoms with van der Waals surface area (Å²) in [5.41, 5.74) is 2.15. The van der Waals surface area contributed by atoms with Crippen molar-refractivity contribution >= 4 is 11.6 Å². The molecule has 2 fully saturated rings. The Balaban J connectivity index is 1.29. The number of benzene rings is 2. The summed E-state index contributed by atoms with van der Waals surface area (Å²) in [6.07, 6.45) is -0.919. The number of alkyl halides is 3. The third-order valence-electron chi connectivity index (χ3n) is 5.10. The Kier molecular flexibility index (Phi) is 5.02. The normalized spacial score (nSPS) is 21.2. The first-order valence-electron chi connectivity index (χ1n) is 9.38. The molecule has 2 N–H and O–H groups in total. The fourth-order valence-electron chi connectivity index (χ4n) is 3.25. The maximum absolute atomic E-state index is 12.3. The molecule has 2 aromatic rings. The molecule has 0 bridgehead atoms. The molecule has 0 unspecified atom stereocenters. The van der Waals surface area contributed by atoms with Crippen LogP contribution >= 0.6 is 0 Å². The SMILES string of the molecule is O=C(Nc1ccc([C@@H]2C[C@H]2NCC2CC2)cc1)c1ccc(OC(F)(F)F)cc1. The molecule has 28 heavy (non-hydrogen) atoms. The molecule has 0 saturated heterocycles. The Hall–Kier alpha value is -2.54. The molecular formula is C21H21F3N2O2. The minimum absolute atomic E-state index is 0.255. The number of hydrogen-bond donors (Lipinski definition) is 2. The molecule has 2 aromatic carbocycles. The molecular weight excluding hydrogens is 369 g/mol. The largest absolute Gasteiger partial charge is 0.573 e. The van der Waals surface area contributed by atoms with Crippen LogP contribution in [0.3, 0.4) is 0 Å². The van der Waals surface area contributed by atoms with Gasteiger partial charge in [-0.25, -0.2) is 0 Å². The highest BCUT2D eigenvalue weighted by Gasteiger charge is 2.38. The number of carbonyl (C=O) groups excluding carboxylic acids is 1. The van der Waals surface area contributed by atoms with E-state index in [1.54, 1.807) is 0 Å². The highest BCUT2D eigenvalue weighted by atomic mass is 19.4. The molecule has 0 aliphatic heterocycles. The van der Waals surface area contributed by atoms with Gasteiger partial charge in [0.15, 0.2) is 0 Å². The van der Waals surface area contributed by atoms with E-state index in [1.807, 2.05) is 24.3 Å². The number of nitrogens with one attached hydrogen (secondary N) is 2. The third-order valence-corrected chi connectivity index (χ3v) is 5.10. The van der Waals surface area contributed by atoms with Gasteiger partial charge in [0.05, 0.1) is 0 Å². The Labute approximate surface area is 161 Å². The molecule has 4 rings (SSSR count). The fourth-order valence-corrected chi connectivity index (χ4v) is 3.25. The van der Waals surface area contributed by atoms with E-state index < -0.39 is 6.36 Å². The summed E-state index contributed by atoms with van der Waals surface area (Å²) in [4.78, 5) is 12.3. The lowest BCUT2D eigenvalue weighted by Crippen LogP contribution is -2.20. The van der Waals surface area contributed by atoms with Gasteiger partial charge >= 0.3 is 6.36 Å².